The molecule has 0 heterocycles. The monoisotopic (exact) mass is 279 g/mol. The lowest BCUT2D eigenvalue weighted by molar-refractivity contribution is -0.121. The fourth-order valence-electron chi connectivity index (χ4n) is 1.81. The summed E-state index contributed by atoms with van der Waals surface area (Å²) >= 11 is 5.20. The molecule has 3 unspecified atom stereocenters. The summed E-state index contributed by atoms with van der Waals surface area (Å²) in [6, 6.07) is 0.397. The Balaban J connectivity index is 2.34. The van der Waals surface area contributed by atoms with Crippen LogP contribution in [0.5, 0.6) is 0 Å². The van der Waals surface area contributed by atoms with E-state index in [1.54, 1.807) is 0 Å². The molecule has 0 bridgehead atoms. The topological polar surface area (TPSA) is 29.1 Å². The van der Waals surface area contributed by atoms with Gasteiger partial charge in [0.2, 0.25) is 5.91 Å². The third-order valence-electron chi connectivity index (χ3n) is 2.67. The van der Waals surface area contributed by atoms with E-state index in [0.717, 1.165) is 18.1 Å². The zero-order chi connectivity index (χ0) is 10.6. The Morgan fingerprint density at radius 3 is 2.86 bits per heavy atom. The van der Waals surface area contributed by atoms with Crippen molar-refractivity contribution < 1.29 is 4.79 Å². The second-order valence-corrected chi connectivity index (χ2v) is 6.36. The highest BCUT2D eigenvalue weighted by molar-refractivity contribution is 9.10. The number of thioether (sulfide) groups is 1. The predicted octanol–water partition coefficient (Wildman–Crippen LogP) is 2.56. The molecule has 4 heteroatoms. The number of rotatable bonds is 3. The minimum absolute atomic E-state index is 0.0721. The highest BCUT2D eigenvalue weighted by atomic mass is 79.9. The Morgan fingerprint density at radius 1 is 1.57 bits per heavy atom. The van der Waals surface area contributed by atoms with E-state index in [4.69, 9.17) is 0 Å². The summed E-state index contributed by atoms with van der Waals surface area (Å²) in [6.45, 7) is 1.87. The van der Waals surface area contributed by atoms with Gasteiger partial charge < -0.3 is 5.32 Å². The van der Waals surface area contributed by atoms with Crippen LogP contribution in [0.3, 0.4) is 0 Å². The van der Waals surface area contributed by atoms with Crippen molar-refractivity contribution in [1.29, 1.82) is 0 Å². The molecule has 82 valence electrons. The zero-order valence-corrected chi connectivity index (χ0v) is 11.2. The molecule has 0 aliphatic heterocycles. The minimum atomic E-state index is -0.0721. The lowest BCUT2D eigenvalue weighted by Gasteiger charge is -2.29. The van der Waals surface area contributed by atoms with Crippen molar-refractivity contribution >= 4 is 33.6 Å². The lowest BCUT2D eigenvalue weighted by Crippen LogP contribution is -2.41. The molecular formula is C10H18BrNOS. The second kappa shape index (κ2) is 6.01. The van der Waals surface area contributed by atoms with E-state index in [9.17, 15) is 4.79 Å². The van der Waals surface area contributed by atoms with Gasteiger partial charge in [0.1, 0.15) is 0 Å². The molecule has 2 nitrogen and oxygen atoms in total. The van der Waals surface area contributed by atoms with Crippen LogP contribution in [0.25, 0.3) is 0 Å². The standard InChI is InChI=1S/C10H18BrNOS/c1-7(11)10(13)12-8-4-3-5-9(6-8)14-2/h7-9H,3-6H2,1-2H3,(H,12,13). The van der Waals surface area contributed by atoms with Gasteiger partial charge in [-0.05, 0) is 32.4 Å². The van der Waals surface area contributed by atoms with Crippen LogP contribution in [0.15, 0.2) is 0 Å². The Kier molecular flexibility index (Phi) is 5.31. The van der Waals surface area contributed by atoms with E-state index < -0.39 is 0 Å². The Bertz CT molecular complexity index is 199. The Hall–Kier alpha value is 0.300. The number of carbonyl (C=O) groups is 1. The van der Waals surface area contributed by atoms with Gasteiger partial charge in [0.15, 0.2) is 0 Å². The predicted molar refractivity (Wildman–Crippen MR) is 66.1 cm³/mol. The maximum absolute atomic E-state index is 11.4. The van der Waals surface area contributed by atoms with Gasteiger partial charge in [-0.15, -0.1) is 0 Å². The Labute approximate surface area is 98.7 Å². The average Bonchev–Trinajstić information content (AvgIpc) is 2.18. The van der Waals surface area contributed by atoms with Gasteiger partial charge in [0.25, 0.3) is 0 Å². The number of alkyl halides is 1. The fourth-order valence-corrected chi connectivity index (χ4v) is 2.77. The summed E-state index contributed by atoms with van der Waals surface area (Å²) in [4.78, 5) is 11.4. The molecule has 1 saturated carbocycles. The first-order valence-corrected chi connectivity index (χ1v) is 7.31. The van der Waals surface area contributed by atoms with Crippen LogP contribution < -0.4 is 5.32 Å². The van der Waals surface area contributed by atoms with Crippen molar-refractivity contribution in [2.45, 2.75) is 48.7 Å². The van der Waals surface area contributed by atoms with E-state index in [1.165, 1.54) is 12.8 Å². The molecule has 1 N–H and O–H groups in total. The number of hydrogen-bond acceptors (Lipinski definition) is 2. The third-order valence-corrected chi connectivity index (χ3v) is 4.18. The summed E-state index contributed by atoms with van der Waals surface area (Å²) in [5.74, 6) is 0.122. The first-order chi connectivity index (χ1) is 6.63. The van der Waals surface area contributed by atoms with Crippen molar-refractivity contribution in [3.05, 3.63) is 0 Å². The first kappa shape index (κ1) is 12.4. The van der Waals surface area contributed by atoms with Gasteiger partial charge in [-0.3, -0.25) is 4.79 Å². The van der Waals surface area contributed by atoms with Crippen molar-refractivity contribution in [1.82, 2.24) is 5.32 Å². The quantitative estimate of drug-likeness (QED) is 0.805. The van der Waals surface area contributed by atoms with Crippen LogP contribution in [-0.2, 0) is 4.79 Å². The summed E-state index contributed by atoms with van der Waals surface area (Å²) in [7, 11) is 0. The van der Waals surface area contributed by atoms with Crippen LogP contribution in [-0.4, -0.2) is 28.3 Å². The van der Waals surface area contributed by atoms with Crippen LogP contribution in [0, 0.1) is 0 Å². The van der Waals surface area contributed by atoms with Crippen molar-refractivity contribution in [2.75, 3.05) is 6.26 Å². The fraction of sp³-hybridized carbons (Fsp3) is 0.900. The lowest BCUT2D eigenvalue weighted by atomic mass is 9.95. The second-order valence-electron chi connectivity index (χ2n) is 3.85. The molecule has 1 aliphatic rings. The van der Waals surface area contributed by atoms with Gasteiger partial charge in [0, 0.05) is 11.3 Å². The maximum Gasteiger partial charge on any atom is 0.233 e. The normalized spacial score (nSPS) is 29.6. The summed E-state index contributed by atoms with van der Waals surface area (Å²) < 4.78 is 0. The number of amides is 1. The molecule has 0 aromatic heterocycles. The van der Waals surface area contributed by atoms with Gasteiger partial charge in [-0.25, -0.2) is 0 Å². The van der Waals surface area contributed by atoms with Gasteiger partial charge in [-0.1, -0.05) is 22.4 Å². The molecule has 0 radical (unpaired) electrons. The van der Waals surface area contributed by atoms with Crippen LogP contribution in [0.1, 0.15) is 32.6 Å². The Morgan fingerprint density at radius 2 is 2.29 bits per heavy atom. The van der Waals surface area contributed by atoms with Crippen LogP contribution >= 0.6 is 27.7 Å². The molecule has 1 fully saturated rings. The van der Waals surface area contributed by atoms with Crippen LogP contribution in [0.4, 0.5) is 0 Å². The molecule has 1 amide bonds. The molecule has 1 rings (SSSR count). The van der Waals surface area contributed by atoms with Crippen molar-refractivity contribution in [2.24, 2.45) is 0 Å². The first-order valence-electron chi connectivity index (χ1n) is 5.10. The van der Waals surface area contributed by atoms with E-state index in [2.05, 4.69) is 27.5 Å². The van der Waals surface area contributed by atoms with Crippen molar-refractivity contribution in [3.63, 3.8) is 0 Å². The van der Waals surface area contributed by atoms with E-state index in [1.807, 2.05) is 18.7 Å². The molecule has 14 heavy (non-hydrogen) atoms. The minimum Gasteiger partial charge on any atom is -0.352 e. The molecule has 0 aromatic carbocycles. The molecule has 1 aliphatic carbocycles. The molecule has 0 aromatic rings. The average molecular weight is 280 g/mol. The highest BCUT2D eigenvalue weighted by Crippen LogP contribution is 2.26. The largest absolute Gasteiger partial charge is 0.352 e. The molecular weight excluding hydrogens is 262 g/mol. The van der Waals surface area contributed by atoms with Gasteiger partial charge >= 0.3 is 0 Å². The number of carbonyl (C=O) groups excluding carboxylic acids is 1. The summed E-state index contributed by atoms with van der Waals surface area (Å²) in [5.41, 5.74) is 0. The highest BCUT2D eigenvalue weighted by Gasteiger charge is 2.23. The zero-order valence-electron chi connectivity index (χ0n) is 8.75. The smallest absolute Gasteiger partial charge is 0.233 e. The third kappa shape index (κ3) is 3.81. The maximum atomic E-state index is 11.4. The number of hydrogen-bond donors (Lipinski definition) is 1. The van der Waals surface area contributed by atoms with Gasteiger partial charge in [0.05, 0.1) is 4.83 Å². The number of halogens is 1. The molecule has 3 atom stereocenters. The van der Waals surface area contributed by atoms with E-state index >= 15 is 0 Å². The molecule has 0 saturated heterocycles. The SMILES string of the molecule is CSC1CCCC(NC(=O)C(C)Br)C1. The van der Waals surface area contributed by atoms with E-state index in [0.29, 0.717) is 6.04 Å². The van der Waals surface area contributed by atoms with Crippen molar-refractivity contribution in [3.8, 4) is 0 Å². The van der Waals surface area contributed by atoms with Crippen LogP contribution in [0.2, 0.25) is 0 Å². The summed E-state index contributed by atoms with van der Waals surface area (Å²) in [6.07, 6.45) is 6.97. The summed E-state index contributed by atoms with van der Waals surface area (Å²) in [5, 5.41) is 3.82. The number of nitrogens with one attached hydrogen (secondary N) is 1. The molecule has 0 spiro atoms. The van der Waals surface area contributed by atoms with Gasteiger partial charge in [-0.2, -0.15) is 11.8 Å². The van der Waals surface area contributed by atoms with E-state index in [-0.39, 0.29) is 10.7 Å².